The van der Waals surface area contributed by atoms with Crippen molar-refractivity contribution in [2.45, 2.75) is 71.6 Å². The number of aryl methyl sites for hydroxylation is 1. The summed E-state index contributed by atoms with van der Waals surface area (Å²) < 4.78 is 5.32. The van der Waals surface area contributed by atoms with Gasteiger partial charge in [0.1, 0.15) is 0 Å². The van der Waals surface area contributed by atoms with E-state index in [2.05, 4.69) is 18.8 Å². The van der Waals surface area contributed by atoms with Crippen LogP contribution in [0.3, 0.4) is 0 Å². The van der Waals surface area contributed by atoms with Crippen LogP contribution in [0.2, 0.25) is 0 Å². The SMILES string of the molecule is CCCCCCOC(=O)c1ccc(=O)[nH]c1CCCCCC. The lowest BCUT2D eigenvalue weighted by molar-refractivity contribution is 0.0496. The third-order valence-corrected chi connectivity index (χ3v) is 3.73. The van der Waals surface area contributed by atoms with Crippen LogP contribution >= 0.6 is 0 Å². The van der Waals surface area contributed by atoms with E-state index in [0.29, 0.717) is 17.9 Å². The largest absolute Gasteiger partial charge is 0.462 e. The van der Waals surface area contributed by atoms with Gasteiger partial charge in [-0.3, -0.25) is 4.79 Å². The number of esters is 1. The van der Waals surface area contributed by atoms with E-state index in [-0.39, 0.29) is 11.5 Å². The molecule has 1 aromatic rings. The Labute approximate surface area is 133 Å². The minimum atomic E-state index is -0.321. The molecule has 0 radical (unpaired) electrons. The zero-order valence-electron chi connectivity index (χ0n) is 14.0. The maximum Gasteiger partial charge on any atom is 0.339 e. The molecule has 0 aliphatic heterocycles. The van der Waals surface area contributed by atoms with Crippen LogP contribution in [0.25, 0.3) is 0 Å². The zero-order valence-corrected chi connectivity index (χ0v) is 14.0. The van der Waals surface area contributed by atoms with Gasteiger partial charge in [-0.1, -0.05) is 52.4 Å². The molecule has 1 aromatic heterocycles. The van der Waals surface area contributed by atoms with E-state index in [4.69, 9.17) is 4.74 Å². The summed E-state index contributed by atoms with van der Waals surface area (Å²) in [4.78, 5) is 26.4. The van der Waals surface area contributed by atoms with Crippen molar-refractivity contribution >= 4 is 5.97 Å². The Hall–Kier alpha value is -1.58. The smallest absolute Gasteiger partial charge is 0.339 e. The van der Waals surface area contributed by atoms with Gasteiger partial charge in [-0.25, -0.2) is 4.79 Å². The van der Waals surface area contributed by atoms with Crippen LogP contribution in [0.5, 0.6) is 0 Å². The fourth-order valence-corrected chi connectivity index (χ4v) is 2.41. The average molecular weight is 307 g/mol. The number of rotatable bonds is 11. The lowest BCUT2D eigenvalue weighted by atomic mass is 10.1. The Morgan fingerprint density at radius 3 is 2.36 bits per heavy atom. The molecule has 0 amide bonds. The highest BCUT2D eigenvalue weighted by Gasteiger charge is 2.13. The number of pyridine rings is 1. The molecule has 0 atom stereocenters. The second-order valence-electron chi connectivity index (χ2n) is 5.72. The first-order chi connectivity index (χ1) is 10.7. The molecule has 0 aromatic carbocycles. The molecule has 1 heterocycles. The average Bonchev–Trinajstić information content (AvgIpc) is 2.51. The molecule has 0 aliphatic rings. The van der Waals surface area contributed by atoms with Crippen molar-refractivity contribution in [1.82, 2.24) is 4.98 Å². The minimum absolute atomic E-state index is 0.162. The summed E-state index contributed by atoms with van der Waals surface area (Å²) in [7, 11) is 0. The number of carbonyl (C=O) groups excluding carboxylic acids is 1. The summed E-state index contributed by atoms with van der Waals surface area (Å²) >= 11 is 0. The second kappa shape index (κ2) is 11.0. The molecule has 22 heavy (non-hydrogen) atoms. The van der Waals surface area contributed by atoms with Gasteiger partial charge in [0.05, 0.1) is 12.2 Å². The molecule has 0 aliphatic carbocycles. The Balaban J connectivity index is 2.56. The summed E-state index contributed by atoms with van der Waals surface area (Å²) in [5.41, 5.74) is 1.05. The van der Waals surface area contributed by atoms with Gasteiger partial charge in [0.25, 0.3) is 0 Å². The van der Waals surface area contributed by atoms with E-state index in [1.165, 1.54) is 18.9 Å². The number of aromatic amines is 1. The lowest BCUT2D eigenvalue weighted by Crippen LogP contribution is -2.16. The molecule has 0 saturated heterocycles. The first kappa shape index (κ1) is 18.5. The minimum Gasteiger partial charge on any atom is -0.462 e. The van der Waals surface area contributed by atoms with Crippen LogP contribution in [0.15, 0.2) is 16.9 Å². The summed E-state index contributed by atoms with van der Waals surface area (Å²) in [6.45, 7) is 4.76. The van der Waals surface area contributed by atoms with Gasteiger partial charge in [-0.15, -0.1) is 0 Å². The Bertz CT molecular complexity index is 493. The van der Waals surface area contributed by atoms with E-state index < -0.39 is 0 Å². The number of H-pyrrole nitrogens is 1. The molecule has 0 bridgehead atoms. The predicted molar refractivity (Wildman–Crippen MR) is 89.3 cm³/mol. The van der Waals surface area contributed by atoms with Crippen molar-refractivity contribution in [3.05, 3.63) is 33.7 Å². The summed E-state index contributed by atoms with van der Waals surface area (Å²) in [6, 6.07) is 2.98. The Morgan fingerprint density at radius 1 is 1.00 bits per heavy atom. The van der Waals surface area contributed by atoms with Gasteiger partial charge in [0.2, 0.25) is 5.56 Å². The van der Waals surface area contributed by atoms with Crippen molar-refractivity contribution in [2.75, 3.05) is 6.61 Å². The molecular weight excluding hydrogens is 278 g/mol. The number of hydrogen-bond donors (Lipinski definition) is 1. The highest BCUT2D eigenvalue weighted by Crippen LogP contribution is 2.11. The predicted octanol–water partition coefficient (Wildman–Crippen LogP) is 4.23. The van der Waals surface area contributed by atoms with E-state index in [1.807, 2.05) is 0 Å². The fourth-order valence-electron chi connectivity index (χ4n) is 2.41. The number of carbonyl (C=O) groups is 1. The van der Waals surface area contributed by atoms with Crippen LogP contribution in [0.4, 0.5) is 0 Å². The van der Waals surface area contributed by atoms with Crippen molar-refractivity contribution in [2.24, 2.45) is 0 Å². The fraction of sp³-hybridized carbons (Fsp3) is 0.667. The summed E-state index contributed by atoms with van der Waals surface area (Å²) in [5.74, 6) is -0.321. The third kappa shape index (κ3) is 6.92. The second-order valence-corrected chi connectivity index (χ2v) is 5.72. The zero-order chi connectivity index (χ0) is 16.2. The topological polar surface area (TPSA) is 59.2 Å². The highest BCUT2D eigenvalue weighted by molar-refractivity contribution is 5.90. The Morgan fingerprint density at radius 2 is 1.68 bits per heavy atom. The van der Waals surface area contributed by atoms with Crippen molar-refractivity contribution in [3.8, 4) is 0 Å². The van der Waals surface area contributed by atoms with Crippen molar-refractivity contribution in [1.29, 1.82) is 0 Å². The monoisotopic (exact) mass is 307 g/mol. The molecule has 1 rings (SSSR count). The van der Waals surface area contributed by atoms with Gasteiger partial charge in [-0.2, -0.15) is 0 Å². The molecule has 1 N–H and O–H groups in total. The van der Waals surface area contributed by atoms with Crippen molar-refractivity contribution < 1.29 is 9.53 Å². The normalized spacial score (nSPS) is 10.6. The van der Waals surface area contributed by atoms with Crippen LogP contribution in [-0.2, 0) is 11.2 Å². The van der Waals surface area contributed by atoms with Crippen LogP contribution in [0, 0.1) is 0 Å². The quantitative estimate of drug-likeness (QED) is 0.491. The molecule has 0 unspecified atom stereocenters. The molecule has 124 valence electrons. The van der Waals surface area contributed by atoms with Crippen LogP contribution < -0.4 is 5.56 Å². The Kier molecular flexibility index (Phi) is 9.28. The molecule has 4 nitrogen and oxygen atoms in total. The number of nitrogens with one attached hydrogen (secondary N) is 1. The summed E-state index contributed by atoms with van der Waals surface area (Å²) in [5, 5.41) is 0. The van der Waals surface area contributed by atoms with Gasteiger partial charge in [-0.05, 0) is 25.3 Å². The lowest BCUT2D eigenvalue weighted by Gasteiger charge is -2.09. The molecule has 0 fully saturated rings. The van der Waals surface area contributed by atoms with Gasteiger partial charge in [0.15, 0.2) is 0 Å². The van der Waals surface area contributed by atoms with Gasteiger partial charge < -0.3 is 9.72 Å². The van der Waals surface area contributed by atoms with E-state index in [9.17, 15) is 9.59 Å². The molecule has 0 saturated carbocycles. The maximum atomic E-state index is 12.2. The van der Waals surface area contributed by atoms with Crippen molar-refractivity contribution in [3.63, 3.8) is 0 Å². The van der Waals surface area contributed by atoms with E-state index in [1.54, 1.807) is 6.07 Å². The van der Waals surface area contributed by atoms with Crippen LogP contribution in [-0.4, -0.2) is 17.6 Å². The standard InChI is InChI=1S/C18H29NO3/c1-3-5-7-9-11-16-15(12-13-17(20)19-16)18(21)22-14-10-8-6-4-2/h12-13H,3-11,14H2,1-2H3,(H,19,20). The maximum absolute atomic E-state index is 12.2. The number of aromatic nitrogens is 1. The number of ether oxygens (including phenoxy) is 1. The molecular formula is C18H29NO3. The first-order valence-corrected chi connectivity index (χ1v) is 8.58. The number of unbranched alkanes of at least 4 members (excludes halogenated alkanes) is 6. The number of hydrogen-bond acceptors (Lipinski definition) is 3. The van der Waals surface area contributed by atoms with E-state index in [0.717, 1.165) is 44.9 Å². The van der Waals surface area contributed by atoms with Gasteiger partial charge in [0, 0.05) is 11.8 Å². The van der Waals surface area contributed by atoms with Crippen LogP contribution in [0.1, 0.15) is 81.3 Å². The van der Waals surface area contributed by atoms with Gasteiger partial charge >= 0.3 is 5.97 Å². The van der Waals surface area contributed by atoms with E-state index >= 15 is 0 Å². The first-order valence-electron chi connectivity index (χ1n) is 8.58. The molecule has 4 heteroatoms. The summed E-state index contributed by atoms with van der Waals surface area (Å²) in [6.07, 6.45) is 9.45. The molecule has 0 spiro atoms. The third-order valence-electron chi connectivity index (χ3n) is 3.73. The highest BCUT2D eigenvalue weighted by atomic mass is 16.5.